The SMILES string of the molecule is CCCCCC(N)C(=O)OC1CC(C)(C)C(/C=C/C(C)=C/C=C/C(C)=C/C=C/C=C(C)/C=C/C=C(C)/C=C/C2=C(C)C(=O)C(OC(=O)C(Cl)CCCCCl)CC2(C)C)=C(C)C1=O. The first kappa shape index (κ1) is 54.1. The number of esters is 2. The molecule has 340 valence electrons. The van der Waals surface area contributed by atoms with E-state index in [1.807, 2.05) is 120 Å². The van der Waals surface area contributed by atoms with Crippen LogP contribution in [-0.2, 0) is 28.7 Å². The van der Waals surface area contributed by atoms with Crippen LogP contribution in [0.25, 0.3) is 0 Å². The molecule has 0 bridgehead atoms. The number of hydrogen-bond acceptors (Lipinski definition) is 7. The van der Waals surface area contributed by atoms with Crippen LogP contribution < -0.4 is 5.73 Å². The first-order valence-electron chi connectivity index (χ1n) is 22.1. The molecule has 2 N–H and O–H groups in total. The van der Waals surface area contributed by atoms with Crippen molar-refractivity contribution in [2.24, 2.45) is 16.6 Å². The summed E-state index contributed by atoms with van der Waals surface area (Å²) in [5.41, 5.74) is 12.7. The molecule has 0 aromatic heterocycles. The van der Waals surface area contributed by atoms with Crippen LogP contribution in [0, 0.1) is 10.8 Å². The lowest BCUT2D eigenvalue weighted by atomic mass is 9.71. The second-order valence-corrected chi connectivity index (χ2v) is 18.9. The predicted molar refractivity (Wildman–Crippen MR) is 259 cm³/mol. The standard InChI is InChI=1S/C53H73Cl2NO6/c1-12-13-14-28-45(56)51(60)62-47-35-53(10,11)43(41(7)49(47)58)32-30-39(5)26-20-24-37(3)22-16-15-21-36(2)23-19-25-38(4)29-31-42-40(6)48(57)46(34-52(42,8)9)61-50(59)44(55)27-17-18-33-54/h15-16,19-26,29-32,44-47H,12-14,17-18,27-28,33-35,56H2,1-11H3/b16-15+,23-19+,24-20+,31-29+,32-30+,36-21+,37-22+,38-25+,39-26+. The number of halogens is 2. The zero-order valence-corrected chi connectivity index (χ0v) is 40.8. The highest BCUT2D eigenvalue weighted by molar-refractivity contribution is 6.30. The minimum Gasteiger partial charge on any atom is -0.453 e. The van der Waals surface area contributed by atoms with Crippen molar-refractivity contribution in [1.29, 1.82) is 0 Å². The molecule has 0 radical (unpaired) electrons. The van der Waals surface area contributed by atoms with Gasteiger partial charge in [-0.15, -0.1) is 23.2 Å². The van der Waals surface area contributed by atoms with Crippen LogP contribution in [-0.4, -0.2) is 53.0 Å². The molecule has 0 aromatic carbocycles. The Labute approximate surface area is 383 Å². The van der Waals surface area contributed by atoms with Crippen LogP contribution in [0.1, 0.15) is 134 Å². The average Bonchev–Trinajstić information content (AvgIpc) is 3.20. The van der Waals surface area contributed by atoms with Crippen LogP contribution in [0.2, 0.25) is 0 Å². The zero-order chi connectivity index (χ0) is 46.6. The van der Waals surface area contributed by atoms with Crippen molar-refractivity contribution >= 4 is 46.7 Å². The fourth-order valence-electron chi connectivity index (χ4n) is 7.47. The number of rotatable bonds is 22. The summed E-state index contributed by atoms with van der Waals surface area (Å²) in [6.07, 6.45) is 32.8. The molecule has 0 aliphatic heterocycles. The van der Waals surface area contributed by atoms with Gasteiger partial charge in [-0.1, -0.05) is 168 Å². The van der Waals surface area contributed by atoms with Crippen LogP contribution in [0.15, 0.2) is 130 Å². The van der Waals surface area contributed by atoms with E-state index in [0.29, 0.717) is 42.7 Å². The van der Waals surface area contributed by atoms with Crippen molar-refractivity contribution in [3.8, 4) is 0 Å². The molecular formula is C53H73Cl2NO6. The van der Waals surface area contributed by atoms with Gasteiger partial charge >= 0.3 is 11.9 Å². The molecule has 0 saturated carbocycles. The molecular weight excluding hydrogens is 817 g/mol. The van der Waals surface area contributed by atoms with Gasteiger partial charge in [-0.05, 0) is 93.9 Å². The van der Waals surface area contributed by atoms with E-state index in [-0.39, 0.29) is 22.4 Å². The number of carbonyl (C=O) groups is 4. The van der Waals surface area contributed by atoms with Crippen molar-refractivity contribution < 1.29 is 28.7 Å². The fourth-order valence-corrected chi connectivity index (χ4v) is 7.86. The number of carbonyl (C=O) groups excluding carboxylic acids is 4. The molecule has 4 atom stereocenters. The van der Waals surface area contributed by atoms with E-state index in [1.165, 1.54) is 0 Å². The maximum Gasteiger partial charge on any atom is 0.324 e. The molecule has 2 aliphatic rings. The summed E-state index contributed by atoms with van der Waals surface area (Å²) in [6, 6.07) is -0.706. The lowest BCUT2D eigenvalue weighted by molar-refractivity contribution is -0.157. The average molecular weight is 891 g/mol. The monoisotopic (exact) mass is 889 g/mol. The Hall–Kier alpha value is -4.04. The molecule has 0 saturated heterocycles. The molecule has 0 fully saturated rings. The summed E-state index contributed by atoms with van der Waals surface area (Å²) in [5, 5.41) is -0.791. The van der Waals surface area contributed by atoms with Crippen molar-refractivity contribution in [2.45, 2.75) is 158 Å². The van der Waals surface area contributed by atoms with Gasteiger partial charge in [-0.2, -0.15) is 0 Å². The molecule has 7 nitrogen and oxygen atoms in total. The summed E-state index contributed by atoms with van der Waals surface area (Å²) >= 11 is 12.0. The van der Waals surface area contributed by atoms with Gasteiger partial charge in [0.05, 0.1) is 0 Å². The van der Waals surface area contributed by atoms with Crippen molar-refractivity contribution in [1.82, 2.24) is 0 Å². The molecule has 0 heterocycles. The molecule has 4 unspecified atom stereocenters. The lowest BCUT2D eigenvalue weighted by Gasteiger charge is -2.36. The van der Waals surface area contributed by atoms with Gasteiger partial charge in [-0.25, -0.2) is 0 Å². The normalized spacial score (nSPS) is 21.7. The Bertz CT molecular complexity index is 1810. The summed E-state index contributed by atoms with van der Waals surface area (Å²) in [7, 11) is 0. The first-order valence-corrected chi connectivity index (χ1v) is 23.1. The van der Waals surface area contributed by atoms with E-state index >= 15 is 0 Å². The Morgan fingerprint density at radius 1 is 0.661 bits per heavy atom. The number of unbranched alkanes of at least 4 members (excludes halogenated alkanes) is 3. The number of ketones is 2. The Morgan fingerprint density at radius 2 is 1.06 bits per heavy atom. The van der Waals surface area contributed by atoms with Crippen LogP contribution in [0.3, 0.4) is 0 Å². The van der Waals surface area contributed by atoms with E-state index in [9.17, 15) is 19.2 Å². The molecule has 2 aliphatic carbocycles. The maximum atomic E-state index is 13.2. The fraction of sp³-hybridized carbons (Fsp3) is 0.509. The number of alkyl halides is 2. The number of Topliss-reactive ketones (excluding diaryl/α,β-unsaturated/α-hetero) is 2. The topological polar surface area (TPSA) is 113 Å². The number of nitrogens with two attached hydrogens (primary N) is 1. The van der Waals surface area contributed by atoms with Crippen molar-refractivity contribution in [3.63, 3.8) is 0 Å². The van der Waals surface area contributed by atoms with E-state index in [2.05, 4.69) is 34.6 Å². The van der Waals surface area contributed by atoms with Crippen LogP contribution >= 0.6 is 23.2 Å². The first-order chi connectivity index (χ1) is 29.1. The highest BCUT2D eigenvalue weighted by Crippen LogP contribution is 2.42. The van der Waals surface area contributed by atoms with Gasteiger partial charge in [-0.3, -0.25) is 19.2 Å². The van der Waals surface area contributed by atoms with Gasteiger partial charge in [0.15, 0.2) is 23.8 Å². The smallest absolute Gasteiger partial charge is 0.324 e. The van der Waals surface area contributed by atoms with Gasteiger partial charge < -0.3 is 15.2 Å². The third kappa shape index (κ3) is 18.0. The molecule has 0 aromatic rings. The molecule has 62 heavy (non-hydrogen) atoms. The molecule has 0 spiro atoms. The van der Waals surface area contributed by atoms with Crippen molar-refractivity contribution in [2.75, 3.05) is 5.88 Å². The van der Waals surface area contributed by atoms with E-state index in [4.69, 9.17) is 38.4 Å². The zero-order valence-electron chi connectivity index (χ0n) is 39.2. The summed E-state index contributed by atoms with van der Waals surface area (Å²) in [5.74, 6) is -0.879. The van der Waals surface area contributed by atoms with Gasteiger partial charge in [0.25, 0.3) is 0 Å². The second kappa shape index (κ2) is 26.6. The Balaban J connectivity index is 1.97. The largest absolute Gasteiger partial charge is 0.453 e. The number of ether oxygens (including phenoxy) is 2. The van der Waals surface area contributed by atoms with Crippen molar-refractivity contribution in [3.05, 3.63) is 130 Å². The summed E-state index contributed by atoms with van der Waals surface area (Å²) in [4.78, 5) is 51.6. The minimum atomic E-state index is -0.843. The molecule has 2 rings (SSSR count). The van der Waals surface area contributed by atoms with E-state index in [0.717, 1.165) is 65.5 Å². The lowest BCUT2D eigenvalue weighted by Crippen LogP contribution is -2.42. The summed E-state index contributed by atoms with van der Waals surface area (Å²) in [6.45, 7) is 22.1. The van der Waals surface area contributed by atoms with Crippen LogP contribution in [0.5, 0.6) is 0 Å². The highest BCUT2D eigenvalue weighted by atomic mass is 35.5. The third-order valence-corrected chi connectivity index (χ3v) is 12.0. The van der Waals surface area contributed by atoms with Gasteiger partial charge in [0.2, 0.25) is 0 Å². The maximum absolute atomic E-state index is 13.2. The molecule has 0 amide bonds. The quantitative estimate of drug-likeness (QED) is 0.0498. The van der Waals surface area contributed by atoms with E-state index < -0.39 is 35.6 Å². The minimum absolute atomic E-state index is 0.160. The highest BCUT2D eigenvalue weighted by Gasteiger charge is 2.41. The van der Waals surface area contributed by atoms with Crippen LogP contribution in [0.4, 0.5) is 0 Å². The molecule has 9 heteroatoms. The van der Waals surface area contributed by atoms with E-state index in [1.54, 1.807) is 6.92 Å². The number of allylic oxidation sites excluding steroid dienone is 20. The van der Waals surface area contributed by atoms with Gasteiger partial charge in [0.1, 0.15) is 11.4 Å². The Morgan fingerprint density at radius 3 is 1.50 bits per heavy atom. The van der Waals surface area contributed by atoms with Gasteiger partial charge in [0, 0.05) is 18.7 Å². The Kier molecular flexibility index (Phi) is 23.2. The number of hydrogen-bond donors (Lipinski definition) is 1. The third-order valence-electron chi connectivity index (χ3n) is 11.3. The second-order valence-electron chi connectivity index (χ2n) is 18.0. The summed E-state index contributed by atoms with van der Waals surface area (Å²) < 4.78 is 11.2. The predicted octanol–water partition coefficient (Wildman–Crippen LogP) is 12.9.